The Hall–Kier alpha value is -1.27. The van der Waals surface area contributed by atoms with Crippen LogP contribution in [-0.4, -0.2) is 26.8 Å². The van der Waals surface area contributed by atoms with Gasteiger partial charge in [-0.3, -0.25) is 0 Å². The van der Waals surface area contributed by atoms with Gasteiger partial charge in [0.05, 0.1) is 6.26 Å². The van der Waals surface area contributed by atoms with E-state index >= 15 is 0 Å². The second-order valence-corrected chi connectivity index (χ2v) is 6.88. The lowest BCUT2D eigenvalue weighted by Crippen LogP contribution is -2.47. The Bertz CT molecular complexity index is 524. The standard InChI is InChI=1S/C12H21N3O2S/c1-9-10(13)6-5-7-11(9)14-8-12(2,3)15-18(4,16)17/h5-7,14-15H,8,13H2,1-4H3. The molecule has 0 bridgehead atoms. The van der Waals surface area contributed by atoms with E-state index in [0.29, 0.717) is 12.2 Å². The van der Waals surface area contributed by atoms with Crippen molar-refractivity contribution in [3.63, 3.8) is 0 Å². The first-order valence-corrected chi connectivity index (χ1v) is 7.58. The average Bonchev–Trinajstić information content (AvgIpc) is 2.17. The number of hydrogen-bond donors (Lipinski definition) is 3. The molecule has 1 aromatic rings. The van der Waals surface area contributed by atoms with Gasteiger partial charge in [-0.15, -0.1) is 0 Å². The van der Waals surface area contributed by atoms with E-state index in [1.807, 2.05) is 39.0 Å². The Morgan fingerprint density at radius 3 is 2.50 bits per heavy atom. The van der Waals surface area contributed by atoms with Gasteiger partial charge in [-0.2, -0.15) is 0 Å². The Morgan fingerprint density at radius 2 is 1.94 bits per heavy atom. The van der Waals surface area contributed by atoms with Crippen molar-refractivity contribution in [2.24, 2.45) is 0 Å². The summed E-state index contributed by atoms with van der Waals surface area (Å²) in [7, 11) is -3.22. The first-order valence-electron chi connectivity index (χ1n) is 5.69. The molecule has 0 heterocycles. The number of hydrogen-bond acceptors (Lipinski definition) is 4. The number of rotatable bonds is 5. The van der Waals surface area contributed by atoms with Crippen LogP contribution < -0.4 is 15.8 Å². The highest BCUT2D eigenvalue weighted by Gasteiger charge is 2.21. The summed E-state index contributed by atoms with van der Waals surface area (Å²) in [6.07, 6.45) is 1.15. The minimum absolute atomic E-state index is 0.477. The van der Waals surface area contributed by atoms with Crippen molar-refractivity contribution in [2.75, 3.05) is 23.9 Å². The van der Waals surface area contributed by atoms with Gasteiger partial charge in [0.15, 0.2) is 0 Å². The zero-order valence-electron chi connectivity index (χ0n) is 11.2. The van der Waals surface area contributed by atoms with Gasteiger partial charge in [0.25, 0.3) is 0 Å². The molecule has 0 spiro atoms. The average molecular weight is 271 g/mol. The molecular weight excluding hydrogens is 250 g/mol. The molecule has 0 aliphatic carbocycles. The third-order valence-corrected chi connectivity index (χ3v) is 3.48. The van der Waals surface area contributed by atoms with Gasteiger partial charge >= 0.3 is 0 Å². The quantitative estimate of drug-likeness (QED) is 0.705. The van der Waals surface area contributed by atoms with Gasteiger partial charge in [-0.1, -0.05) is 6.07 Å². The molecule has 0 aromatic heterocycles. The summed E-state index contributed by atoms with van der Waals surface area (Å²) >= 11 is 0. The van der Waals surface area contributed by atoms with Gasteiger partial charge in [0.1, 0.15) is 0 Å². The molecule has 0 aliphatic rings. The predicted molar refractivity (Wildman–Crippen MR) is 76.1 cm³/mol. The molecule has 0 aliphatic heterocycles. The maximum absolute atomic E-state index is 11.2. The Balaban J connectivity index is 2.73. The summed E-state index contributed by atoms with van der Waals surface area (Å²) in [5.41, 5.74) is 7.84. The van der Waals surface area contributed by atoms with Crippen LogP contribution in [-0.2, 0) is 10.0 Å². The molecule has 4 N–H and O–H groups in total. The highest BCUT2D eigenvalue weighted by molar-refractivity contribution is 7.88. The summed E-state index contributed by atoms with van der Waals surface area (Å²) in [5, 5.41) is 3.21. The van der Waals surface area contributed by atoms with Crippen LogP contribution in [0.5, 0.6) is 0 Å². The van der Waals surface area contributed by atoms with Gasteiger partial charge in [-0.25, -0.2) is 13.1 Å². The Morgan fingerprint density at radius 1 is 1.33 bits per heavy atom. The number of nitrogens with two attached hydrogens (primary N) is 1. The van der Waals surface area contributed by atoms with Crippen molar-refractivity contribution in [3.05, 3.63) is 23.8 Å². The predicted octanol–water partition coefficient (Wildman–Crippen LogP) is 1.32. The molecule has 1 rings (SSSR count). The van der Waals surface area contributed by atoms with Crippen LogP contribution in [0, 0.1) is 6.92 Å². The zero-order chi connectivity index (χ0) is 14.0. The monoisotopic (exact) mass is 271 g/mol. The zero-order valence-corrected chi connectivity index (χ0v) is 12.1. The van der Waals surface area contributed by atoms with Crippen molar-refractivity contribution in [2.45, 2.75) is 26.3 Å². The molecule has 0 unspecified atom stereocenters. The van der Waals surface area contributed by atoms with E-state index in [1.165, 1.54) is 0 Å². The topological polar surface area (TPSA) is 84.2 Å². The molecule has 0 fully saturated rings. The minimum Gasteiger partial charge on any atom is -0.398 e. The number of nitrogens with one attached hydrogen (secondary N) is 2. The van der Waals surface area contributed by atoms with Crippen molar-refractivity contribution < 1.29 is 8.42 Å². The van der Waals surface area contributed by atoms with Crippen LogP contribution in [0.4, 0.5) is 11.4 Å². The van der Waals surface area contributed by atoms with Gasteiger partial charge in [0, 0.05) is 23.5 Å². The highest BCUT2D eigenvalue weighted by atomic mass is 32.2. The van der Waals surface area contributed by atoms with Crippen molar-refractivity contribution in [3.8, 4) is 0 Å². The molecule has 102 valence electrons. The molecule has 0 amide bonds. The van der Waals surface area contributed by atoms with E-state index in [2.05, 4.69) is 10.0 Å². The summed E-state index contributed by atoms with van der Waals surface area (Å²) in [6, 6.07) is 5.62. The smallest absolute Gasteiger partial charge is 0.209 e. The summed E-state index contributed by atoms with van der Waals surface area (Å²) in [4.78, 5) is 0. The molecule has 5 nitrogen and oxygen atoms in total. The first-order chi connectivity index (χ1) is 8.11. The fraction of sp³-hybridized carbons (Fsp3) is 0.500. The van der Waals surface area contributed by atoms with E-state index in [1.54, 1.807) is 0 Å². The molecule has 6 heteroatoms. The maximum Gasteiger partial charge on any atom is 0.209 e. The molecule has 1 aromatic carbocycles. The van der Waals surface area contributed by atoms with Crippen LogP contribution in [0.1, 0.15) is 19.4 Å². The lowest BCUT2D eigenvalue weighted by Gasteiger charge is -2.26. The van der Waals surface area contributed by atoms with Crippen molar-refractivity contribution in [1.29, 1.82) is 0 Å². The normalized spacial score (nSPS) is 12.4. The Labute approximate surface area is 109 Å². The fourth-order valence-electron chi connectivity index (χ4n) is 1.70. The van der Waals surface area contributed by atoms with E-state index in [9.17, 15) is 8.42 Å². The summed E-state index contributed by atoms with van der Waals surface area (Å²) < 4.78 is 25.0. The summed E-state index contributed by atoms with van der Waals surface area (Å²) in [6.45, 7) is 6.05. The van der Waals surface area contributed by atoms with Crippen LogP contribution in [0.15, 0.2) is 18.2 Å². The third kappa shape index (κ3) is 4.54. The van der Waals surface area contributed by atoms with Crippen LogP contribution in [0.3, 0.4) is 0 Å². The van der Waals surface area contributed by atoms with Gasteiger partial charge < -0.3 is 11.1 Å². The Kier molecular flexibility index (Phi) is 4.24. The number of nitrogen functional groups attached to an aromatic ring is 1. The lowest BCUT2D eigenvalue weighted by atomic mass is 10.1. The number of sulfonamides is 1. The maximum atomic E-state index is 11.2. The third-order valence-electron chi connectivity index (χ3n) is 2.56. The van der Waals surface area contributed by atoms with Crippen molar-refractivity contribution in [1.82, 2.24) is 4.72 Å². The van der Waals surface area contributed by atoms with E-state index < -0.39 is 15.6 Å². The van der Waals surface area contributed by atoms with Crippen LogP contribution >= 0.6 is 0 Å². The number of anilines is 2. The van der Waals surface area contributed by atoms with Crippen molar-refractivity contribution >= 4 is 21.4 Å². The van der Waals surface area contributed by atoms with E-state index in [-0.39, 0.29) is 0 Å². The minimum atomic E-state index is -3.22. The molecule has 0 radical (unpaired) electrons. The van der Waals surface area contributed by atoms with Crippen LogP contribution in [0.2, 0.25) is 0 Å². The second-order valence-electron chi connectivity index (χ2n) is 5.13. The summed E-state index contributed by atoms with van der Waals surface area (Å²) in [5.74, 6) is 0. The highest BCUT2D eigenvalue weighted by Crippen LogP contribution is 2.21. The van der Waals surface area contributed by atoms with E-state index in [0.717, 1.165) is 17.5 Å². The van der Waals surface area contributed by atoms with Gasteiger partial charge in [-0.05, 0) is 38.5 Å². The first kappa shape index (κ1) is 14.8. The molecule has 0 saturated carbocycles. The number of benzene rings is 1. The van der Waals surface area contributed by atoms with Crippen LogP contribution in [0.25, 0.3) is 0 Å². The van der Waals surface area contributed by atoms with E-state index in [4.69, 9.17) is 5.73 Å². The van der Waals surface area contributed by atoms with Gasteiger partial charge in [0.2, 0.25) is 10.0 Å². The molecular formula is C12H21N3O2S. The SMILES string of the molecule is Cc1c(N)cccc1NCC(C)(C)NS(C)(=O)=O. The fourth-order valence-corrected chi connectivity index (χ4v) is 2.78. The lowest BCUT2D eigenvalue weighted by molar-refractivity contribution is 0.476. The molecule has 0 atom stereocenters. The second kappa shape index (κ2) is 5.16. The molecule has 0 saturated heterocycles. The largest absolute Gasteiger partial charge is 0.398 e. The molecule has 18 heavy (non-hydrogen) atoms.